The number of nitrogens with zero attached hydrogens (tertiary/aromatic N) is 2. The van der Waals surface area contributed by atoms with Crippen LogP contribution in [0.1, 0.15) is 45.8 Å². The number of para-hydroxylation sites is 2. The van der Waals surface area contributed by atoms with E-state index in [-0.39, 0.29) is 31.2 Å². The molecule has 264 valence electrons. The monoisotopic (exact) mass is 707 g/mol. The number of oxazole rings is 1. The quantitative estimate of drug-likeness (QED) is 0.125. The van der Waals surface area contributed by atoms with Gasteiger partial charge in [-0.3, -0.25) is 14.4 Å². The zero-order valence-corrected chi connectivity index (χ0v) is 29.2. The van der Waals surface area contributed by atoms with Crippen LogP contribution < -0.4 is 16.4 Å². The molecule has 0 spiro atoms. The zero-order valence-electron chi connectivity index (χ0n) is 28.5. The number of amides is 2. The summed E-state index contributed by atoms with van der Waals surface area (Å²) in [5, 5.41) is 6.77. The fraction of sp³-hybridized carbons (Fsp3) is 0.300. The minimum Gasteiger partial charge on any atom is -0.434 e. The van der Waals surface area contributed by atoms with E-state index in [9.17, 15) is 14.4 Å². The number of nitrogens with two attached hydrogens (primary N) is 1. The maximum Gasteiger partial charge on any atom is 0.266 e. The zero-order chi connectivity index (χ0) is 35.7. The van der Waals surface area contributed by atoms with Crippen molar-refractivity contribution in [2.75, 3.05) is 13.6 Å². The Kier molecular flexibility index (Phi) is 11.9. The maximum absolute atomic E-state index is 14.3. The molecule has 1 fully saturated rings. The molecule has 4 N–H and O–H groups in total. The van der Waals surface area contributed by atoms with E-state index in [2.05, 4.69) is 15.6 Å². The van der Waals surface area contributed by atoms with Gasteiger partial charge in [0.15, 0.2) is 5.58 Å². The molecule has 0 unspecified atom stereocenters. The van der Waals surface area contributed by atoms with Crippen LogP contribution >= 0.6 is 11.6 Å². The molecule has 6 rings (SSSR count). The Labute approximate surface area is 302 Å². The number of nitrogens with one attached hydrogen (secondary N) is 2. The summed E-state index contributed by atoms with van der Waals surface area (Å²) in [5.41, 5.74) is 10.6. The molecule has 0 bridgehead atoms. The number of benzene rings is 4. The van der Waals surface area contributed by atoms with Crippen LogP contribution in [0.4, 0.5) is 0 Å². The number of likely N-dealkylation sites (N-methyl/N-ethyl adjacent to an activating group) is 1. The normalized spacial score (nSPS) is 17.0. The molecule has 1 aliphatic rings. The van der Waals surface area contributed by atoms with Crippen LogP contribution in [0, 0.1) is 0 Å². The molecule has 1 aromatic heterocycles. The second-order valence-corrected chi connectivity index (χ2v) is 13.2. The third-order valence-electron chi connectivity index (χ3n) is 9.29. The first kappa shape index (κ1) is 35.9. The summed E-state index contributed by atoms with van der Waals surface area (Å²) in [6.07, 6.45) is 1.25. The number of ether oxygens (including phenoxy) is 1. The molecule has 4 aromatic carbocycles. The van der Waals surface area contributed by atoms with Crippen LogP contribution in [0.3, 0.4) is 0 Å². The Morgan fingerprint density at radius 1 is 0.902 bits per heavy atom. The highest BCUT2D eigenvalue weighted by molar-refractivity contribution is 6.30. The maximum atomic E-state index is 14.3. The first-order valence-electron chi connectivity index (χ1n) is 17.2. The van der Waals surface area contributed by atoms with Gasteiger partial charge in [-0.25, -0.2) is 4.98 Å². The smallest absolute Gasteiger partial charge is 0.266 e. The third-order valence-corrected chi connectivity index (χ3v) is 9.55. The van der Waals surface area contributed by atoms with Gasteiger partial charge in [0.25, 0.3) is 5.89 Å². The summed E-state index contributed by atoms with van der Waals surface area (Å²) in [6, 6.07) is 29.6. The Bertz CT molecular complexity index is 1900. The molecule has 51 heavy (non-hydrogen) atoms. The third kappa shape index (κ3) is 9.08. The van der Waals surface area contributed by atoms with Crippen LogP contribution in [0.15, 0.2) is 108 Å². The van der Waals surface area contributed by atoms with Crippen LogP contribution in [0.5, 0.6) is 0 Å². The van der Waals surface area contributed by atoms with Crippen LogP contribution in [-0.4, -0.2) is 65.3 Å². The second kappa shape index (κ2) is 16.9. The molecule has 5 aromatic rings. The van der Waals surface area contributed by atoms with E-state index in [1.165, 1.54) is 0 Å². The number of carbonyl (C=O) groups is 3. The number of likely N-dealkylation sites (tertiary alicyclic amines) is 1. The predicted octanol–water partition coefficient (Wildman–Crippen LogP) is 5.26. The highest BCUT2D eigenvalue weighted by atomic mass is 35.5. The molecule has 10 nitrogen and oxygen atoms in total. The lowest BCUT2D eigenvalue weighted by atomic mass is 10.00. The molecule has 11 heteroatoms. The molecule has 1 aliphatic heterocycles. The van der Waals surface area contributed by atoms with Crippen LogP contribution in [0.25, 0.3) is 11.1 Å². The SMILES string of the molecule is CN[C@H](CCc1ccccc1)C(=O)N1C[C@H](OCc2ccc(Cl)cc2)C[C@H]1C(=O)N[C@@H](Cc1ccc(CN)cc1)C(=O)c1nc2ccccc2o1. The minimum absolute atomic E-state index is 0.0974. The van der Waals surface area contributed by atoms with Gasteiger partial charge in [-0.15, -0.1) is 0 Å². The van der Waals surface area contributed by atoms with Gasteiger partial charge in [-0.2, -0.15) is 0 Å². The van der Waals surface area contributed by atoms with Crippen molar-refractivity contribution < 1.29 is 23.5 Å². The summed E-state index contributed by atoms with van der Waals surface area (Å²) in [5.74, 6) is -1.22. The lowest BCUT2D eigenvalue weighted by Gasteiger charge is -2.29. The Hall–Kier alpha value is -4.87. The summed E-state index contributed by atoms with van der Waals surface area (Å²) >= 11 is 6.07. The Morgan fingerprint density at radius 2 is 1.59 bits per heavy atom. The number of fused-ring (bicyclic) bond motifs is 1. The van der Waals surface area contributed by atoms with Gasteiger partial charge in [-0.1, -0.05) is 90.5 Å². The van der Waals surface area contributed by atoms with E-state index >= 15 is 0 Å². The number of Topliss-reactive ketones (excluding diaryl/α,β-unsaturated/α-hetero) is 1. The molecule has 0 saturated carbocycles. The molecule has 4 atom stereocenters. The molecule has 1 saturated heterocycles. The number of rotatable bonds is 15. The summed E-state index contributed by atoms with van der Waals surface area (Å²) in [7, 11) is 1.75. The lowest BCUT2D eigenvalue weighted by molar-refractivity contribution is -0.140. The van der Waals surface area contributed by atoms with E-state index in [4.69, 9.17) is 26.5 Å². The van der Waals surface area contributed by atoms with Gasteiger partial charge in [0, 0.05) is 31.0 Å². The van der Waals surface area contributed by atoms with Crippen molar-refractivity contribution in [2.45, 2.75) is 63.1 Å². The number of ketones is 1. The van der Waals surface area contributed by atoms with Crippen molar-refractivity contribution >= 4 is 40.3 Å². The molecule has 0 aliphatic carbocycles. The highest BCUT2D eigenvalue weighted by Crippen LogP contribution is 2.25. The highest BCUT2D eigenvalue weighted by Gasteiger charge is 2.43. The van der Waals surface area contributed by atoms with E-state index in [1.807, 2.05) is 72.8 Å². The van der Waals surface area contributed by atoms with Gasteiger partial charge in [0.2, 0.25) is 17.6 Å². The number of aryl methyl sites for hydroxylation is 1. The van der Waals surface area contributed by atoms with Crippen molar-refractivity contribution in [1.29, 1.82) is 0 Å². The largest absolute Gasteiger partial charge is 0.434 e. The van der Waals surface area contributed by atoms with E-state index in [0.717, 1.165) is 22.3 Å². The number of carbonyl (C=O) groups excluding carboxylic acids is 3. The molecule has 0 radical (unpaired) electrons. The molecule has 2 heterocycles. The first-order chi connectivity index (χ1) is 24.8. The predicted molar refractivity (Wildman–Crippen MR) is 196 cm³/mol. The second-order valence-electron chi connectivity index (χ2n) is 12.8. The van der Waals surface area contributed by atoms with Crippen molar-refractivity contribution in [3.8, 4) is 0 Å². The Balaban J connectivity index is 1.24. The van der Waals surface area contributed by atoms with Gasteiger partial charge < -0.3 is 30.4 Å². The van der Waals surface area contributed by atoms with E-state index in [1.54, 1.807) is 42.3 Å². The topological polar surface area (TPSA) is 140 Å². The summed E-state index contributed by atoms with van der Waals surface area (Å²) in [6.45, 7) is 0.894. The van der Waals surface area contributed by atoms with E-state index < -0.39 is 35.9 Å². The van der Waals surface area contributed by atoms with Gasteiger partial charge in [0.05, 0.1) is 18.8 Å². The molecular formula is C40H42ClN5O5. The van der Waals surface area contributed by atoms with Crippen LogP contribution in [-0.2, 0) is 40.3 Å². The van der Waals surface area contributed by atoms with Crippen molar-refractivity contribution in [3.05, 3.63) is 136 Å². The van der Waals surface area contributed by atoms with Crippen LogP contribution in [0.2, 0.25) is 5.02 Å². The average Bonchev–Trinajstić information content (AvgIpc) is 3.80. The minimum atomic E-state index is -1.02. The summed E-state index contributed by atoms with van der Waals surface area (Å²) in [4.78, 5) is 48.5. The Morgan fingerprint density at radius 3 is 2.29 bits per heavy atom. The molecular weight excluding hydrogens is 666 g/mol. The van der Waals surface area contributed by atoms with Gasteiger partial charge >= 0.3 is 0 Å². The number of aromatic nitrogens is 1. The lowest BCUT2D eigenvalue weighted by Crippen LogP contribution is -2.54. The number of halogens is 1. The first-order valence-corrected chi connectivity index (χ1v) is 17.5. The number of hydrogen-bond acceptors (Lipinski definition) is 8. The van der Waals surface area contributed by atoms with Crippen molar-refractivity contribution in [2.24, 2.45) is 5.73 Å². The van der Waals surface area contributed by atoms with Gasteiger partial charge in [0.1, 0.15) is 17.6 Å². The van der Waals surface area contributed by atoms with Crippen molar-refractivity contribution in [3.63, 3.8) is 0 Å². The van der Waals surface area contributed by atoms with E-state index in [0.29, 0.717) is 42.1 Å². The number of hydrogen-bond donors (Lipinski definition) is 3. The standard InChI is InChI=1S/C40H42ClN5O5/c1-43-33(20-17-26-7-3-2-4-8-26)40(49)46-24-31(50-25-29-15-18-30(41)19-16-29)22-35(46)38(48)44-34(21-27-11-13-28(23-42)14-12-27)37(47)39-45-32-9-5-6-10-36(32)51-39/h2-16,18-19,31,33-35,43H,17,20-25,42H2,1H3,(H,44,48)/t31-,33-,34+,35+/m1/s1. The fourth-order valence-corrected chi connectivity index (χ4v) is 6.53. The fourth-order valence-electron chi connectivity index (χ4n) is 6.40. The average molecular weight is 708 g/mol. The van der Waals surface area contributed by atoms with Gasteiger partial charge in [-0.05, 0) is 66.4 Å². The summed E-state index contributed by atoms with van der Waals surface area (Å²) < 4.78 is 12.1. The molecule has 2 amide bonds. The van der Waals surface area contributed by atoms with Crippen molar-refractivity contribution in [1.82, 2.24) is 20.5 Å².